The molecule has 52 valence electrons. The third-order valence-electron chi connectivity index (χ3n) is 0.221. The van der Waals surface area contributed by atoms with Crippen LogP contribution in [0.3, 0.4) is 0 Å². The van der Waals surface area contributed by atoms with E-state index in [4.69, 9.17) is 15.0 Å². The van der Waals surface area contributed by atoms with Crippen molar-refractivity contribution in [3.63, 3.8) is 0 Å². The Morgan fingerprint density at radius 2 is 1.67 bits per heavy atom. The highest BCUT2D eigenvalue weighted by molar-refractivity contribution is 9.11. The highest BCUT2D eigenvalue weighted by Gasteiger charge is 1.70. The first-order chi connectivity index (χ1) is 4.00. The van der Waals surface area contributed by atoms with Crippen molar-refractivity contribution in [2.45, 2.75) is 0 Å². The van der Waals surface area contributed by atoms with Crippen molar-refractivity contribution in [3.05, 3.63) is 23.7 Å². The molecular weight excluding hydrogens is 188 g/mol. The molecule has 0 aromatic carbocycles. The number of allylic oxidation sites excluding steroid dienone is 2. The van der Waals surface area contributed by atoms with Crippen LogP contribution in [-0.4, -0.2) is 16.4 Å². The summed E-state index contributed by atoms with van der Waals surface area (Å²) in [5.74, 6) is 0. The third-order valence-corrected chi connectivity index (χ3v) is 0.545. The molecule has 9 heavy (non-hydrogen) atoms. The molecule has 0 aromatic heterocycles. The maximum atomic E-state index is 8.56. The van der Waals surface area contributed by atoms with Crippen LogP contribution in [0.5, 0.6) is 0 Å². The van der Waals surface area contributed by atoms with Gasteiger partial charge in [0.25, 0.3) is 0 Å². The summed E-state index contributed by atoms with van der Waals surface area (Å²) in [5.41, 5.74) is 0. The van der Waals surface area contributed by atoms with E-state index in [1.807, 2.05) is 0 Å². The van der Waals surface area contributed by atoms with Gasteiger partial charge in [0.05, 0.1) is 0 Å². The molecule has 0 saturated heterocycles. The van der Waals surface area contributed by atoms with Gasteiger partial charge in [-0.2, -0.15) is 0 Å². The molecule has 0 spiro atoms. The molecular formula is C5H7BrO3. The van der Waals surface area contributed by atoms with Crippen LogP contribution >= 0.6 is 15.9 Å². The largest absolute Gasteiger partial charge is 0.503 e. The second kappa shape index (κ2) is 7.23. The molecule has 0 aliphatic carbocycles. The monoisotopic (exact) mass is 194 g/mol. The molecule has 0 radical (unpaired) electrons. The van der Waals surface area contributed by atoms with Crippen LogP contribution < -0.4 is 0 Å². The normalized spacial score (nSPS) is 6.33. The summed E-state index contributed by atoms with van der Waals surface area (Å²) in [6.07, 6.45) is -0.194. The average Bonchev–Trinajstić information content (AvgIpc) is 1.65. The number of carbonyl (C=O) groups is 1. The van der Waals surface area contributed by atoms with Crippen LogP contribution in [0.4, 0.5) is 4.79 Å². The van der Waals surface area contributed by atoms with Crippen molar-refractivity contribution >= 4 is 22.1 Å². The summed E-state index contributed by atoms with van der Waals surface area (Å²) in [6.45, 7) is 6.89. The second-order valence-electron chi connectivity index (χ2n) is 0.934. The molecule has 2 N–H and O–H groups in total. The molecule has 3 nitrogen and oxygen atoms in total. The van der Waals surface area contributed by atoms with E-state index in [9.17, 15) is 0 Å². The first kappa shape index (κ1) is 11.1. The van der Waals surface area contributed by atoms with E-state index in [0.29, 0.717) is 0 Å². The summed E-state index contributed by atoms with van der Waals surface area (Å²) in [4.78, 5) is 8.56. The Hall–Kier alpha value is -0.770. The Morgan fingerprint density at radius 1 is 1.56 bits per heavy atom. The van der Waals surface area contributed by atoms with Crippen LogP contribution in [-0.2, 0) is 0 Å². The molecule has 0 bridgehead atoms. The third kappa shape index (κ3) is 131. The molecule has 0 heterocycles. The minimum Gasteiger partial charge on any atom is -0.450 e. The van der Waals surface area contributed by atoms with Gasteiger partial charge in [0.1, 0.15) is 0 Å². The lowest BCUT2D eigenvalue weighted by atomic mass is 10.6. The molecule has 0 saturated carbocycles. The van der Waals surface area contributed by atoms with Crippen LogP contribution in [0.2, 0.25) is 0 Å². The van der Waals surface area contributed by atoms with E-state index in [0.717, 1.165) is 4.48 Å². The van der Waals surface area contributed by atoms with Gasteiger partial charge in [-0.05, 0) is 0 Å². The van der Waals surface area contributed by atoms with Crippen LogP contribution in [0.1, 0.15) is 0 Å². The van der Waals surface area contributed by atoms with Crippen molar-refractivity contribution in [2.24, 2.45) is 0 Å². The van der Waals surface area contributed by atoms with Crippen molar-refractivity contribution < 1.29 is 15.0 Å². The first-order valence-corrected chi connectivity index (χ1v) is 2.68. The van der Waals surface area contributed by atoms with Gasteiger partial charge in [-0.1, -0.05) is 35.2 Å². The van der Waals surface area contributed by atoms with Gasteiger partial charge < -0.3 is 10.2 Å². The molecule has 0 fully saturated rings. The van der Waals surface area contributed by atoms with E-state index in [2.05, 4.69) is 29.1 Å². The smallest absolute Gasteiger partial charge is 0.450 e. The summed E-state index contributed by atoms with van der Waals surface area (Å²) in [7, 11) is 0. The van der Waals surface area contributed by atoms with E-state index < -0.39 is 6.16 Å². The Kier molecular flexibility index (Phi) is 8.90. The lowest BCUT2D eigenvalue weighted by molar-refractivity contribution is 0.137. The molecule has 0 atom stereocenters. The lowest BCUT2D eigenvalue weighted by Gasteiger charge is -1.68. The van der Waals surface area contributed by atoms with Crippen LogP contribution in [0, 0.1) is 0 Å². The molecule has 0 aliphatic heterocycles. The van der Waals surface area contributed by atoms with E-state index in [1.165, 1.54) is 0 Å². The fraction of sp³-hybridized carbons (Fsp3) is 0. The average molecular weight is 195 g/mol. The quantitative estimate of drug-likeness (QED) is 0.631. The highest BCUT2D eigenvalue weighted by atomic mass is 79.9. The number of hydrogen-bond donors (Lipinski definition) is 2. The second-order valence-corrected chi connectivity index (χ2v) is 1.95. The summed E-state index contributed by atoms with van der Waals surface area (Å²) in [5, 5.41) is 13.9. The predicted molar refractivity (Wildman–Crippen MR) is 38.9 cm³/mol. The Labute approximate surface area is 61.4 Å². The van der Waals surface area contributed by atoms with Crippen molar-refractivity contribution in [2.75, 3.05) is 0 Å². The number of halogens is 1. The van der Waals surface area contributed by atoms with Gasteiger partial charge in [-0.15, -0.1) is 0 Å². The number of rotatable bonds is 1. The zero-order valence-electron chi connectivity index (χ0n) is 4.67. The maximum Gasteiger partial charge on any atom is 0.503 e. The van der Waals surface area contributed by atoms with Gasteiger partial charge in [0, 0.05) is 4.48 Å². The summed E-state index contributed by atoms with van der Waals surface area (Å²) >= 11 is 3.06. The lowest BCUT2D eigenvalue weighted by Crippen LogP contribution is -1.81. The van der Waals surface area contributed by atoms with Gasteiger partial charge in [-0.25, -0.2) is 4.79 Å². The van der Waals surface area contributed by atoms with E-state index in [-0.39, 0.29) is 0 Å². The Morgan fingerprint density at radius 3 is 1.67 bits per heavy atom. The van der Waals surface area contributed by atoms with E-state index >= 15 is 0 Å². The molecule has 0 aliphatic rings. The standard InChI is InChI=1S/C4H5Br.CH2O3/c1-3-4(2)5;2-1(3)4/h3H,1-2H2;(H2,2,3,4). The zero-order chi connectivity index (χ0) is 7.86. The van der Waals surface area contributed by atoms with Gasteiger partial charge in [0.15, 0.2) is 0 Å². The minimum absolute atomic E-state index is 0.831. The Bertz CT molecular complexity index is 115. The minimum atomic E-state index is -1.83. The summed E-state index contributed by atoms with van der Waals surface area (Å²) in [6, 6.07) is 0. The van der Waals surface area contributed by atoms with Crippen molar-refractivity contribution in [1.82, 2.24) is 0 Å². The molecule has 0 rings (SSSR count). The maximum absolute atomic E-state index is 8.56. The molecule has 0 unspecified atom stereocenters. The molecule has 4 heteroatoms. The summed E-state index contributed by atoms with van der Waals surface area (Å²) < 4.78 is 0.831. The Balaban J connectivity index is 0. The van der Waals surface area contributed by atoms with Crippen LogP contribution in [0.15, 0.2) is 23.7 Å². The topological polar surface area (TPSA) is 57.5 Å². The zero-order valence-corrected chi connectivity index (χ0v) is 6.26. The van der Waals surface area contributed by atoms with Gasteiger partial charge >= 0.3 is 6.16 Å². The fourth-order valence-electron chi connectivity index (χ4n) is 0. The van der Waals surface area contributed by atoms with Crippen molar-refractivity contribution in [3.8, 4) is 0 Å². The molecule has 0 amide bonds. The number of carboxylic acid groups (broad SMARTS) is 2. The van der Waals surface area contributed by atoms with Crippen LogP contribution in [0.25, 0.3) is 0 Å². The fourth-order valence-corrected chi connectivity index (χ4v) is 0. The van der Waals surface area contributed by atoms with Crippen molar-refractivity contribution in [1.29, 1.82) is 0 Å². The predicted octanol–water partition coefficient (Wildman–Crippen LogP) is 2.30. The number of hydrogen-bond acceptors (Lipinski definition) is 1. The first-order valence-electron chi connectivity index (χ1n) is 1.89. The molecule has 0 aromatic rings. The van der Waals surface area contributed by atoms with Gasteiger partial charge in [0.2, 0.25) is 0 Å². The SMILES string of the molecule is C=CC(=C)Br.O=C(O)O. The van der Waals surface area contributed by atoms with E-state index in [1.54, 1.807) is 6.08 Å². The van der Waals surface area contributed by atoms with Gasteiger partial charge in [-0.3, -0.25) is 0 Å². The highest BCUT2D eigenvalue weighted by Crippen LogP contribution is 1.97.